The SMILES string of the molecule is CC1CN(CCC(N)(C(N)=O)c2ccccc2)C(C)CO1. The van der Waals surface area contributed by atoms with Crippen molar-refractivity contribution in [1.29, 1.82) is 0 Å². The maximum Gasteiger partial charge on any atom is 0.242 e. The van der Waals surface area contributed by atoms with Crippen LogP contribution in [0.3, 0.4) is 0 Å². The molecule has 5 nitrogen and oxygen atoms in total. The molecular formula is C16H25N3O2. The number of benzene rings is 1. The van der Waals surface area contributed by atoms with E-state index in [1.165, 1.54) is 0 Å². The zero-order chi connectivity index (χ0) is 15.5. The van der Waals surface area contributed by atoms with Gasteiger partial charge in [-0.15, -0.1) is 0 Å². The van der Waals surface area contributed by atoms with Crippen molar-refractivity contribution >= 4 is 5.91 Å². The van der Waals surface area contributed by atoms with Gasteiger partial charge in [0.25, 0.3) is 0 Å². The summed E-state index contributed by atoms with van der Waals surface area (Å²) < 4.78 is 5.62. The highest BCUT2D eigenvalue weighted by molar-refractivity contribution is 5.85. The number of ether oxygens (including phenoxy) is 1. The smallest absolute Gasteiger partial charge is 0.242 e. The number of nitrogens with zero attached hydrogens (tertiary/aromatic N) is 1. The standard InChI is InChI=1S/C16H25N3O2/c1-12-11-21-13(2)10-19(12)9-8-16(18,15(17)20)14-6-4-3-5-7-14/h3-7,12-13H,8-11,18H2,1-2H3,(H2,17,20). The van der Waals surface area contributed by atoms with Gasteiger partial charge in [-0.3, -0.25) is 9.69 Å². The van der Waals surface area contributed by atoms with E-state index in [2.05, 4.69) is 18.7 Å². The third-order valence-corrected chi connectivity index (χ3v) is 4.26. The molecule has 0 radical (unpaired) electrons. The highest BCUT2D eigenvalue weighted by atomic mass is 16.5. The molecule has 0 spiro atoms. The zero-order valence-corrected chi connectivity index (χ0v) is 12.8. The molecule has 1 amide bonds. The molecule has 1 aromatic rings. The van der Waals surface area contributed by atoms with Gasteiger partial charge in [-0.1, -0.05) is 30.3 Å². The number of rotatable bonds is 5. The zero-order valence-electron chi connectivity index (χ0n) is 12.8. The van der Waals surface area contributed by atoms with E-state index in [0.29, 0.717) is 19.1 Å². The Hall–Kier alpha value is -1.43. The van der Waals surface area contributed by atoms with Crippen LogP contribution in [0, 0.1) is 0 Å². The van der Waals surface area contributed by atoms with Crippen molar-refractivity contribution in [3.63, 3.8) is 0 Å². The second-order valence-corrected chi connectivity index (χ2v) is 5.94. The first-order chi connectivity index (χ1) is 9.93. The molecule has 1 heterocycles. The van der Waals surface area contributed by atoms with Crippen molar-refractivity contribution in [2.45, 2.75) is 38.0 Å². The van der Waals surface area contributed by atoms with Crippen molar-refractivity contribution in [2.24, 2.45) is 11.5 Å². The van der Waals surface area contributed by atoms with Gasteiger partial charge in [0.2, 0.25) is 5.91 Å². The van der Waals surface area contributed by atoms with Crippen LogP contribution in [0.15, 0.2) is 30.3 Å². The number of hydrogen-bond acceptors (Lipinski definition) is 4. The van der Waals surface area contributed by atoms with Crippen LogP contribution in [-0.2, 0) is 15.1 Å². The molecule has 1 fully saturated rings. The molecule has 0 aromatic heterocycles. The molecule has 1 aliphatic rings. The summed E-state index contributed by atoms with van der Waals surface area (Å²) in [5.41, 5.74) is 11.5. The van der Waals surface area contributed by atoms with Crippen molar-refractivity contribution in [1.82, 2.24) is 4.90 Å². The minimum atomic E-state index is -1.12. The van der Waals surface area contributed by atoms with Gasteiger partial charge in [-0.25, -0.2) is 0 Å². The van der Waals surface area contributed by atoms with E-state index >= 15 is 0 Å². The molecule has 0 aliphatic carbocycles. The molecule has 1 aliphatic heterocycles. The summed E-state index contributed by atoms with van der Waals surface area (Å²) in [6.07, 6.45) is 0.710. The molecule has 0 saturated carbocycles. The Morgan fingerprint density at radius 1 is 1.38 bits per heavy atom. The predicted octanol–water partition coefficient (Wildman–Crippen LogP) is 0.825. The lowest BCUT2D eigenvalue weighted by Gasteiger charge is -2.38. The Bertz CT molecular complexity index is 480. The Labute approximate surface area is 126 Å². The van der Waals surface area contributed by atoms with Crippen LogP contribution in [0.4, 0.5) is 0 Å². The molecule has 1 aromatic carbocycles. The number of primary amides is 1. The summed E-state index contributed by atoms with van der Waals surface area (Å²) in [7, 11) is 0. The second-order valence-electron chi connectivity index (χ2n) is 5.94. The largest absolute Gasteiger partial charge is 0.376 e. The highest BCUT2D eigenvalue weighted by Crippen LogP contribution is 2.23. The van der Waals surface area contributed by atoms with Gasteiger partial charge in [0.1, 0.15) is 5.54 Å². The molecule has 116 valence electrons. The normalized spacial score (nSPS) is 26.2. The number of amides is 1. The average molecular weight is 291 g/mol. The molecule has 1 saturated heterocycles. The Balaban J connectivity index is 2.09. The van der Waals surface area contributed by atoms with Crippen LogP contribution in [0.1, 0.15) is 25.8 Å². The van der Waals surface area contributed by atoms with E-state index in [9.17, 15) is 4.79 Å². The fraction of sp³-hybridized carbons (Fsp3) is 0.562. The van der Waals surface area contributed by atoms with Gasteiger partial charge in [-0.2, -0.15) is 0 Å². The van der Waals surface area contributed by atoms with Crippen LogP contribution in [-0.4, -0.2) is 42.6 Å². The van der Waals surface area contributed by atoms with Gasteiger partial charge in [0.05, 0.1) is 12.7 Å². The van der Waals surface area contributed by atoms with Crippen LogP contribution in [0.25, 0.3) is 0 Å². The van der Waals surface area contributed by atoms with E-state index in [1.807, 2.05) is 30.3 Å². The first kappa shape index (κ1) is 15.9. The predicted molar refractivity (Wildman–Crippen MR) is 82.6 cm³/mol. The third kappa shape index (κ3) is 3.61. The Kier molecular flexibility index (Phi) is 4.98. The monoisotopic (exact) mass is 291 g/mol. The highest BCUT2D eigenvalue weighted by Gasteiger charge is 2.35. The number of hydrogen-bond donors (Lipinski definition) is 2. The van der Waals surface area contributed by atoms with E-state index in [-0.39, 0.29) is 6.10 Å². The summed E-state index contributed by atoms with van der Waals surface area (Å²) in [6.45, 7) is 6.46. The number of carbonyl (C=O) groups excluding carboxylic acids is 1. The molecule has 5 heteroatoms. The molecule has 4 N–H and O–H groups in total. The lowest BCUT2D eigenvalue weighted by atomic mass is 9.86. The van der Waals surface area contributed by atoms with E-state index in [1.54, 1.807) is 0 Å². The van der Waals surface area contributed by atoms with E-state index < -0.39 is 11.4 Å². The van der Waals surface area contributed by atoms with E-state index in [0.717, 1.165) is 18.7 Å². The summed E-state index contributed by atoms with van der Waals surface area (Å²) in [4.78, 5) is 14.2. The minimum Gasteiger partial charge on any atom is -0.376 e. The number of carbonyl (C=O) groups is 1. The van der Waals surface area contributed by atoms with Gasteiger partial charge in [-0.05, 0) is 25.8 Å². The summed E-state index contributed by atoms with van der Waals surface area (Å²) >= 11 is 0. The van der Waals surface area contributed by atoms with Crippen molar-refractivity contribution < 1.29 is 9.53 Å². The van der Waals surface area contributed by atoms with Crippen molar-refractivity contribution in [3.8, 4) is 0 Å². The Morgan fingerprint density at radius 3 is 2.67 bits per heavy atom. The van der Waals surface area contributed by atoms with Crippen LogP contribution < -0.4 is 11.5 Å². The van der Waals surface area contributed by atoms with Crippen LogP contribution in [0.5, 0.6) is 0 Å². The summed E-state index contributed by atoms with van der Waals surface area (Å²) in [6, 6.07) is 9.69. The fourth-order valence-corrected chi connectivity index (χ4v) is 2.75. The lowest BCUT2D eigenvalue weighted by molar-refractivity contribution is -0.124. The van der Waals surface area contributed by atoms with Gasteiger partial charge in [0, 0.05) is 19.1 Å². The fourth-order valence-electron chi connectivity index (χ4n) is 2.75. The quantitative estimate of drug-likeness (QED) is 0.842. The summed E-state index contributed by atoms with van der Waals surface area (Å²) in [5, 5.41) is 0. The molecule has 21 heavy (non-hydrogen) atoms. The third-order valence-electron chi connectivity index (χ3n) is 4.26. The second kappa shape index (κ2) is 6.56. The maximum absolute atomic E-state index is 11.9. The number of nitrogens with two attached hydrogens (primary N) is 2. The topological polar surface area (TPSA) is 81.6 Å². The molecular weight excluding hydrogens is 266 g/mol. The first-order valence-electron chi connectivity index (χ1n) is 7.43. The van der Waals surface area contributed by atoms with E-state index in [4.69, 9.17) is 16.2 Å². The number of morpholine rings is 1. The van der Waals surface area contributed by atoms with Gasteiger partial charge < -0.3 is 16.2 Å². The van der Waals surface area contributed by atoms with Gasteiger partial charge in [0.15, 0.2) is 0 Å². The van der Waals surface area contributed by atoms with Crippen LogP contribution >= 0.6 is 0 Å². The van der Waals surface area contributed by atoms with Crippen molar-refractivity contribution in [2.75, 3.05) is 19.7 Å². The lowest BCUT2D eigenvalue weighted by Crippen LogP contribution is -2.53. The molecule has 0 bridgehead atoms. The molecule has 3 atom stereocenters. The molecule has 3 unspecified atom stereocenters. The van der Waals surface area contributed by atoms with Crippen molar-refractivity contribution in [3.05, 3.63) is 35.9 Å². The molecule has 2 rings (SSSR count). The summed E-state index contributed by atoms with van der Waals surface area (Å²) in [5.74, 6) is -0.484. The maximum atomic E-state index is 11.9. The average Bonchev–Trinajstić information content (AvgIpc) is 2.48. The van der Waals surface area contributed by atoms with Crippen LogP contribution in [0.2, 0.25) is 0 Å². The minimum absolute atomic E-state index is 0.207. The van der Waals surface area contributed by atoms with Gasteiger partial charge >= 0.3 is 0 Å². The first-order valence-corrected chi connectivity index (χ1v) is 7.43. The Morgan fingerprint density at radius 2 is 2.05 bits per heavy atom.